The van der Waals surface area contributed by atoms with E-state index in [-0.39, 0.29) is 18.6 Å². The lowest BCUT2D eigenvalue weighted by Gasteiger charge is -2.23. The number of aromatic nitrogens is 2. The van der Waals surface area contributed by atoms with E-state index < -0.39 is 5.60 Å². The van der Waals surface area contributed by atoms with Crippen LogP contribution in [0.25, 0.3) is 0 Å². The van der Waals surface area contributed by atoms with Gasteiger partial charge in [-0.15, -0.1) is 0 Å². The molecule has 0 fully saturated rings. The van der Waals surface area contributed by atoms with Gasteiger partial charge in [-0.25, -0.2) is 9.97 Å². The topological polar surface area (TPSA) is 78.3 Å². The first-order chi connectivity index (χ1) is 8.57. The van der Waals surface area contributed by atoms with Crippen LogP contribution in [0.4, 0.5) is 5.82 Å². The summed E-state index contributed by atoms with van der Waals surface area (Å²) in [4.78, 5) is 8.71. The molecule has 1 rings (SSSR count). The van der Waals surface area contributed by atoms with Gasteiger partial charge in [0.1, 0.15) is 22.4 Å². The summed E-state index contributed by atoms with van der Waals surface area (Å²) in [5, 5.41) is 22.2. The zero-order valence-corrected chi connectivity index (χ0v) is 12.8. The minimum absolute atomic E-state index is 0.182. The van der Waals surface area contributed by atoms with Gasteiger partial charge in [0.2, 0.25) is 0 Å². The number of aliphatic hydroxyl groups is 2. The Hall–Kier alpha value is -0.910. The average Bonchev–Trinajstić information content (AvgIpc) is 2.29. The first kappa shape index (κ1) is 16.1. The van der Waals surface area contributed by atoms with Gasteiger partial charge in [0, 0.05) is 17.5 Å². The van der Waals surface area contributed by atoms with Gasteiger partial charge in [-0.3, -0.25) is 0 Å². The third-order valence-electron chi connectivity index (χ3n) is 2.73. The van der Waals surface area contributed by atoms with Crippen molar-refractivity contribution in [2.24, 2.45) is 0 Å². The molecule has 0 aliphatic rings. The number of nitrogens with one attached hydrogen (secondary N) is 1. The molecule has 0 spiro atoms. The highest BCUT2D eigenvalue weighted by molar-refractivity contribution is 6.30. The number of hydrogen-bond donors (Lipinski definition) is 3. The molecular formula is C13H22ClN3O2. The van der Waals surface area contributed by atoms with E-state index >= 15 is 0 Å². The summed E-state index contributed by atoms with van der Waals surface area (Å²) in [6.07, 6.45) is 0. The van der Waals surface area contributed by atoms with Crippen LogP contribution in [-0.2, 0) is 5.41 Å². The molecule has 5 nitrogen and oxygen atoms in total. The molecule has 0 bridgehead atoms. The molecular weight excluding hydrogens is 266 g/mol. The zero-order valence-electron chi connectivity index (χ0n) is 12.1. The zero-order chi connectivity index (χ0) is 14.8. The predicted octanol–water partition coefficient (Wildman–Crippen LogP) is 1.89. The van der Waals surface area contributed by atoms with Gasteiger partial charge in [0.25, 0.3) is 0 Å². The Labute approximate surface area is 119 Å². The number of nitrogens with zero attached hydrogens (tertiary/aromatic N) is 2. The van der Waals surface area contributed by atoms with Crippen LogP contribution in [0.1, 0.15) is 39.1 Å². The van der Waals surface area contributed by atoms with Crippen LogP contribution in [0.3, 0.4) is 0 Å². The maximum absolute atomic E-state index is 9.78. The summed E-state index contributed by atoms with van der Waals surface area (Å²) >= 11 is 6.11. The molecule has 1 atom stereocenters. The van der Waals surface area contributed by atoms with E-state index in [4.69, 9.17) is 16.7 Å². The van der Waals surface area contributed by atoms with Crippen LogP contribution < -0.4 is 5.32 Å². The van der Waals surface area contributed by atoms with Crippen molar-refractivity contribution in [3.8, 4) is 0 Å². The Morgan fingerprint density at radius 1 is 1.21 bits per heavy atom. The molecule has 0 saturated carbocycles. The van der Waals surface area contributed by atoms with Crippen LogP contribution in [0.5, 0.6) is 0 Å². The van der Waals surface area contributed by atoms with Crippen LogP contribution >= 0.6 is 11.6 Å². The average molecular weight is 288 g/mol. The fourth-order valence-corrected chi connectivity index (χ4v) is 1.50. The SMILES string of the molecule is Cc1c(Cl)nc(C(C)(C)C)nc1NCC(C)(O)CO. The van der Waals surface area contributed by atoms with Crippen LogP contribution in [0, 0.1) is 6.92 Å². The van der Waals surface area contributed by atoms with E-state index in [0.717, 1.165) is 5.56 Å². The van der Waals surface area contributed by atoms with Gasteiger partial charge >= 0.3 is 0 Å². The number of halogens is 1. The van der Waals surface area contributed by atoms with Crippen molar-refractivity contribution >= 4 is 17.4 Å². The van der Waals surface area contributed by atoms with E-state index in [1.165, 1.54) is 0 Å². The fraction of sp³-hybridized carbons (Fsp3) is 0.692. The Balaban J connectivity index is 3.04. The molecule has 19 heavy (non-hydrogen) atoms. The predicted molar refractivity (Wildman–Crippen MR) is 76.7 cm³/mol. The molecule has 1 aromatic rings. The molecule has 3 N–H and O–H groups in total. The van der Waals surface area contributed by atoms with E-state index in [9.17, 15) is 5.11 Å². The van der Waals surface area contributed by atoms with Gasteiger partial charge in [-0.05, 0) is 13.8 Å². The molecule has 1 unspecified atom stereocenters. The summed E-state index contributed by atoms with van der Waals surface area (Å²) < 4.78 is 0. The van der Waals surface area contributed by atoms with Crippen molar-refractivity contribution in [3.05, 3.63) is 16.5 Å². The standard InChI is InChI=1S/C13H22ClN3O2/c1-8-9(14)16-11(12(2,3)4)17-10(8)15-6-13(5,19)7-18/h18-19H,6-7H2,1-5H3,(H,15,16,17). The van der Waals surface area contributed by atoms with Crippen LogP contribution in [0.2, 0.25) is 5.15 Å². The quantitative estimate of drug-likeness (QED) is 0.737. The summed E-state index contributed by atoms with van der Waals surface area (Å²) in [7, 11) is 0. The summed E-state index contributed by atoms with van der Waals surface area (Å²) in [6.45, 7) is 9.21. The highest BCUT2D eigenvalue weighted by atomic mass is 35.5. The molecule has 0 saturated heterocycles. The molecule has 1 aromatic heterocycles. The van der Waals surface area contributed by atoms with E-state index in [0.29, 0.717) is 16.8 Å². The van der Waals surface area contributed by atoms with Gasteiger partial charge < -0.3 is 15.5 Å². The molecule has 0 amide bonds. The second kappa shape index (κ2) is 5.61. The Morgan fingerprint density at radius 3 is 2.26 bits per heavy atom. The highest BCUT2D eigenvalue weighted by Gasteiger charge is 2.23. The van der Waals surface area contributed by atoms with E-state index in [1.54, 1.807) is 6.92 Å². The fourth-order valence-electron chi connectivity index (χ4n) is 1.33. The van der Waals surface area contributed by atoms with Crippen molar-refractivity contribution < 1.29 is 10.2 Å². The molecule has 0 aliphatic heterocycles. The lowest BCUT2D eigenvalue weighted by molar-refractivity contribution is 0.0131. The van der Waals surface area contributed by atoms with Crippen molar-refractivity contribution in [3.63, 3.8) is 0 Å². The molecule has 0 radical (unpaired) electrons. The maximum atomic E-state index is 9.78. The number of hydrogen-bond acceptors (Lipinski definition) is 5. The normalized spacial score (nSPS) is 15.2. The van der Waals surface area contributed by atoms with Crippen molar-refractivity contribution in [1.82, 2.24) is 9.97 Å². The lowest BCUT2D eigenvalue weighted by Crippen LogP contribution is -2.37. The van der Waals surface area contributed by atoms with E-state index in [1.807, 2.05) is 27.7 Å². The molecule has 0 aromatic carbocycles. The van der Waals surface area contributed by atoms with Gasteiger partial charge in [0.15, 0.2) is 0 Å². The van der Waals surface area contributed by atoms with Crippen molar-refractivity contribution in [2.45, 2.75) is 45.6 Å². The monoisotopic (exact) mass is 287 g/mol. The van der Waals surface area contributed by atoms with E-state index in [2.05, 4.69) is 15.3 Å². The summed E-state index contributed by atoms with van der Waals surface area (Å²) in [5.74, 6) is 1.22. The first-order valence-electron chi connectivity index (χ1n) is 6.18. The Kier molecular flexibility index (Phi) is 4.76. The minimum atomic E-state index is -1.20. The number of rotatable bonds is 4. The van der Waals surface area contributed by atoms with Crippen LogP contribution in [-0.4, -0.2) is 38.9 Å². The summed E-state index contributed by atoms with van der Waals surface area (Å²) in [6, 6.07) is 0. The second-order valence-corrected chi connectivity index (χ2v) is 6.43. The lowest BCUT2D eigenvalue weighted by atomic mass is 9.95. The molecule has 0 aliphatic carbocycles. The summed E-state index contributed by atoms with van der Waals surface area (Å²) in [5.41, 5.74) is -0.692. The van der Waals surface area contributed by atoms with Crippen molar-refractivity contribution in [2.75, 3.05) is 18.5 Å². The molecule has 1 heterocycles. The highest BCUT2D eigenvalue weighted by Crippen LogP contribution is 2.26. The molecule has 6 heteroatoms. The number of anilines is 1. The second-order valence-electron chi connectivity index (χ2n) is 6.07. The smallest absolute Gasteiger partial charge is 0.137 e. The van der Waals surface area contributed by atoms with Gasteiger partial charge in [0.05, 0.1) is 6.61 Å². The number of aliphatic hydroxyl groups excluding tert-OH is 1. The van der Waals surface area contributed by atoms with Crippen molar-refractivity contribution in [1.29, 1.82) is 0 Å². The Bertz CT molecular complexity index is 456. The van der Waals surface area contributed by atoms with Gasteiger partial charge in [-0.2, -0.15) is 0 Å². The van der Waals surface area contributed by atoms with Gasteiger partial charge in [-0.1, -0.05) is 32.4 Å². The molecule has 108 valence electrons. The maximum Gasteiger partial charge on any atom is 0.137 e. The Morgan fingerprint density at radius 2 is 1.79 bits per heavy atom. The minimum Gasteiger partial charge on any atom is -0.393 e. The first-order valence-corrected chi connectivity index (χ1v) is 6.56. The largest absolute Gasteiger partial charge is 0.393 e. The van der Waals surface area contributed by atoms with Crippen LogP contribution in [0.15, 0.2) is 0 Å². The third kappa shape index (κ3) is 4.30. The third-order valence-corrected chi connectivity index (χ3v) is 3.10.